The second kappa shape index (κ2) is 8.40. The minimum atomic E-state index is -0.764. The average Bonchev–Trinajstić information content (AvgIpc) is 3.05. The zero-order valence-electron chi connectivity index (χ0n) is 17.2. The minimum Gasteiger partial charge on any atom is -0.507 e. The third-order valence-electron chi connectivity index (χ3n) is 5.49. The molecule has 0 radical (unpaired) electrons. The molecule has 0 saturated carbocycles. The number of nitrogens with zero attached hydrogens (tertiary/aromatic N) is 1. The van der Waals surface area contributed by atoms with Crippen LogP contribution < -0.4 is 4.90 Å². The second-order valence-corrected chi connectivity index (χ2v) is 8.27. The maximum Gasteiger partial charge on any atom is 0.300 e. The van der Waals surface area contributed by atoms with Gasteiger partial charge in [0, 0.05) is 16.3 Å². The summed E-state index contributed by atoms with van der Waals surface area (Å²) in [7, 11) is 0. The Balaban J connectivity index is 1.94. The van der Waals surface area contributed by atoms with Crippen molar-refractivity contribution < 1.29 is 14.7 Å². The molecule has 0 aromatic heterocycles. The molecule has 1 aliphatic heterocycles. The molecule has 1 saturated heterocycles. The summed E-state index contributed by atoms with van der Waals surface area (Å²) in [6.07, 6.45) is 0. The number of aliphatic hydroxyl groups excluding tert-OH is 1. The maximum atomic E-state index is 13.2. The quantitative estimate of drug-likeness (QED) is 0.309. The van der Waals surface area contributed by atoms with Gasteiger partial charge in [0.2, 0.25) is 0 Å². The van der Waals surface area contributed by atoms with Crippen LogP contribution in [0.3, 0.4) is 0 Å². The first-order valence-corrected chi connectivity index (χ1v) is 10.5. The number of rotatable bonds is 4. The fraction of sp³-hybridized carbons (Fsp3) is 0.154. The molecular weight excluding hydrogens is 410 g/mol. The molecule has 156 valence electrons. The van der Waals surface area contributed by atoms with Crippen LogP contribution in [-0.4, -0.2) is 16.8 Å². The van der Waals surface area contributed by atoms with Crippen LogP contribution in [0.25, 0.3) is 5.76 Å². The molecule has 0 aliphatic carbocycles. The highest BCUT2D eigenvalue weighted by Crippen LogP contribution is 2.42. The Morgan fingerprint density at radius 3 is 2.26 bits per heavy atom. The van der Waals surface area contributed by atoms with Gasteiger partial charge in [0.15, 0.2) is 0 Å². The van der Waals surface area contributed by atoms with Gasteiger partial charge in [0.25, 0.3) is 11.7 Å². The predicted octanol–water partition coefficient (Wildman–Crippen LogP) is 6.09. The van der Waals surface area contributed by atoms with Gasteiger partial charge < -0.3 is 5.11 Å². The Labute approximate surface area is 186 Å². The molecule has 1 amide bonds. The SMILES string of the molecule is CC(C)c1cccc(N2C(=O)C(=O)C(=C(O)c3ccccc3)C2c2ccc(Cl)cc2)c1. The van der Waals surface area contributed by atoms with Crippen LogP contribution in [0.4, 0.5) is 5.69 Å². The molecule has 4 rings (SSSR count). The third kappa shape index (κ3) is 3.87. The van der Waals surface area contributed by atoms with Crippen LogP contribution in [0, 0.1) is 0 Å². The monoisotopic (exact) mass is 431 g/mol. The molecule has 31 heavy (non-hydrogen) atoms. The molecule has 0 spiro atoms. The van der Waals surface area contributed by atoms with Crippen molar-refractivity contribution in [1.29, 1.82) is 0 Å². The van der Waals surface area contributed by atoms with E-state index in [1.54, 1.807) is 48.5 Å². The van der Waals surface area contributed by atoms with Gasteiger partial charge >= 0.3 is 0 Å². The lowest BCUT2D eigenvalue weighted by molar-refractivity contribution is -0.132. The summed E-state index contributed by atoms with van der Waals surface area (Å²) in [6, 6.07) is 22.6. The van der Waals surface area contributed by atoms with Crippen LogP contribution in [0.5, 0.6) is 0 Å². The zero-order valence-corrected chi connectivity index (χ0v) is 18.0. The highest BCUT2D eigenvalue weighted by atomic mass is 35.5. The summed E-state index contributed by atoms with van der Waals surface area (Å²) in [5.74, 6) is -1.31. The number of benzene rings is 3. The van der Waals surface area contributed by atoms with Gasteiger partial charge in [-0.25, -0.2) is 0 Å². The number of halogens is 1. The van der Waals surface area contributed by atoms with Gasteiger partial charge in [-0.3, -0.25) is 14.5 Å². The molecule has 1 atom stereocenters. The molecule has 1 N–H and O–H groups in total. The van der Waals surface area contributed by atoms with Crippen molar-refractivity contribution in [2.45, 2.75) is 25.8 Å². The van der Waals surface area contributed by atoms with Crippen LogP contribution >= 0.6 is 11.6 Å². The van der Waals surface area contributed by atoms with Crippen LogP contribution in [-0.2, 0) is 9.59 Å². The largest absolute Gasteiger partial charge is 0.507 e. The van der Waals surface area contributed by atoms with Crippen molar-refractivity contribution in [1.82, 2.24) is 0 Å². The lowest BCUT2D eigenvalue weighted by Crippen LogP contribution is -2.29. The summed E-state index contributed by atoms with van der Waals surface area (Å²) in [6.45, 7) is 4.14. The Morgan fingerprint density at radius 2 is 1.61 bits per heavy atom. The predicted molar refractivity (Wildman–Crippen MR) is 123 cm³/mol. The summed E-state index contributed by atoms with van der Waals surface area (Å²) < 4.78 is 0. The molecule has 1 unspecified atom stereocenters. The summed E-state index contributed by atoms with van der Waals surface area (Å²) in [5.41, 5.74) is 2.90. The molecule has 5 heteroatoms. The number of Topliss-reactive ketones (excluding diaryl/α,β-unsaturated/α-hetero) is 1. The van der Waals surface area contributed by atoms with E-state index in [1.165, 1.54) is 4.90 Å². The Bertz CT molecular complexity index is 1170. The van der Waals surface area contributed by atoms with E-state index in [-0.39, 0.29) is 17.3 Å². The van der Waals surface area contributed by atoms with Gasteiger partial charge in [-0.15, -0.1) is 0 Å². The minimum absolute atomic E-state index is 0.0634. The van der Waals surface area contributed by atoms with Crippen molar-refractivity contribution in [2.75, 3.05) is 4.90 Å². The molecular formula is C26H22ClNO3. The van der Waals surface area contributed by atoms with Gasteiger partial charge in [-0.2, -0.15) is 0 Å². The number of carbonyl (C=O) groups is 2. The van der Waals surface area contributed by atoms with Crippen molar-refractivity contribution in [3.05, 3.63) is 106 Å². The number of hydrogen-bond acceptors (Lipinski definition) is 3. The van der Waals surface area contributed by atoms with E-state index in [1.807, 2.05) is 30.3 Å². The highest BCUT2D eigenvalue weighted by molar-refractivity contribution is 6.51. The van der Waals surface area contributed by atoms with Crippen molar-refractivity contribution in [3.63, 3.8) is 0 Å². The first kappa shape index (κ1) is 20.9. The summed E-state index contributed by atoms with van der Waals surface area (Å²) in [5, 5.41) is 11.6. The van der Waals surface area contributed by atoms with Gasteiger partial charge in [0.05, 0.1) is 11.6 Å². The Kier molecular flexibility index (Phi) is 5.66. The normalized spacial score (nSPS) is 18.1. The number of aliphatic hydroxyl groups is 1. The molecule has 4 nitrogen and oxygen atoms in total. The number of amides is 1. The first-order valence-electron chi connectivity index (χ1n) is 10.1. The van der Waals surface area contributed by atoms with Crippen molar-refractivity contribution in [2.24, 2.45) is 0 Å². The lowest BCUT2D eigenvalue weighted by Gasteiger charge is -2.26. The topological polar surface area (TPSA) is 57.6 Å². The maximum absolute atomic E-state index is 13.2. The molecule has 3 aromatic rings. The summed E-state index contributed by atoms with van der Waals surface area (Å²) >= 11 is 6.07. The summed E-state index contributed by atoms with van der Waals surface area (Å²) in [4.78, 5) is 27.8. The van der Waals surface area contributed by atoms with Gasteiger partial charge in [0.1, 0.15) is 5.76 Å². The highest BCUT2D eigenvalue weighted by Gasteiger charge is 2.47. The number of carbonyl (C=O) groups excluding carboxylic acids is 2. The van der Waals surface area contributed by atoms with E-state index in [0.717, 1.165) is 5.56 Å². The number of ketones is 1. The smallest absolute Gasteiger partial charge is 0.300 e. The van der Waals surface area contributed by atoms with E-state index >= 15 is 0 Å². The molecule has 1 aliphatic rings. The number of hydrogen-bond donors (Lipinski definition) is 1. The standard InChI is InChI=1S/C26H22ClNO3/c1-16(2)19-9-6-10-21(15-19)28-23(17-11-13-20(27)14-12-17)22(25(30)26(28)31)24(29)18-7-4-3-5-8-18/h3-16,23,29H,1-2H3. The average molecular weight is 432 g/mol. The van der Waals surface area contributed by atoms with Gasteiger partial charge in [-0.1, -0.05) is 80.0 Å². The molecule has 1 heterocycles. The Morgan fingerprint density at radius 1 is 0.935 bits per heavy atom. The third-order valence-corrected chi connectivity index (χ3v) is 5.74. The second-order valence-electron chi connectivity index (χ2n) is 7.84. The van der Waals surface area contributed by atoms with Gasteiger partial charge in [-0.05, 0) is 41.3 Å². The van der Waals surface area contributed by atoms with Crippen LogP contribution in [0.1, 0.15) is 42.5 Å². The van der Waals surface area contributed by atoms with Crippen LogP contribution in [0.15, 0.2) is 84.4 Å². The van der Waals surface area contributed by atoms with E-state index in [9.17, 15) is 14.7 Å². The molecule has 1 fully saturated rings. The van der Waals surface area contributed by atoms with E-state index in [2.05, 4.69) is 13.8 Å². The fourth-order valence-corrected chi connectivity index (χ4v) is 3.97. The number of anilines is 1. The van der Waals surface area contributed by atoms with Crippen molar-refractivity contribution >= 4 is 34.7 Å². The van der Waals surface area contributed by atoms with Crippen LogP contribution in [0.2, 0.25) is 5.02 Å². The first-order chi connectivity index (χ1) is 14.9. The lowest BCUT2D eigenvalue weighted by atomic mass is 9.95. The molecule has 0 bridgehead atoms. The van der Waals surface area contributed by atoms with E-state index < -0.39 is 17.7 Å². The zero-order chi connectivity index (χ0) is 22.1. The fourth-order valence-electron chi connectivity index (χ4n) is 3.84. The Hall–Kier alpha value is -3.37. The van der Waals surface area contributed by atoms with Crippen molar-refractivity contribution in [3.8, 4) is 0 Å². The van der Waals surface area contributed by atoms with E-state index in [0.29, 0.717) is 21.8 Å². The molecule has 3 aromatic carbocycles. The van der Waals surface area contributed by atoms with E-state index in [4.69, 9.17) is 11.6 Å².